The Labute approximate surface area is 143 Å². The Hall–Kier alpha value is -2.00. The number of benzene rings is 3. The van der Waals surface area contributed by atoms with E-state index in [1.54, 1.807) is 0 Å². The van der Waals surface area contributed by atoms with Gasteiger partial charge in [0.25, 0.3) is 0 Å². The molecule has 0 radical (unpaired) electrons. The summed E-state index contributed by atoms with van der Waals surface area (Å²) in [6.45, 7) is 0. The molecule has 0 bridgehead atoms. The van der Waals surface area contributed by atoms with Crippen LogP contribution in [0.25, 0.3) is 0 Å². The Morgan fingerprint density at radius 2 is 0.917 bits per heavy atom. The number of rotatable bonds is 5. The highest BCUT2D eigenvalue weighted by Gasteiger charge is 2.48. The second kappa shape index (κ2) is 6.86. The molecule has 3 rings (SSSR count). The molecule has 1 N–H and O–H groups in total. The van der Waals surface area contributed by atoms with E-state index in [0.29, 0.717) is 0 Å². The highest BCUT2D eigenvalue weighted by atomic mass is 32.2. The minimum absolute atomic E-state index is 0.308. The maximum Gasteiger partial charge on any atom is 0.301 e. The van der Waals surface area contributed by atoms with Gasteiger partial charge in [0, 0.05) is 0 Å². The van der Waals surface area contributed by atoms with Crippen molar-refractivity contribution in [1.82, 2.24) is 0 Å². The summed E-state index contributed by atoms with van der Waals surface area (Å²) in [4.78, 5) is 0. The van der Waals surface area contributed by atoms with E-state index in [0.717, 1.165) is 15.9 Å². The average Bonchev–Trinajstić information content (AvgIpc) is 2.61. The highest BCUT2D eigenvalue weighted by molar-refractivity contribution is 8.07. The summed E-state index contributed by atoms with van der Waals surface area (Å²) >= 11 is 0. The average molecular weight is 357 g/mol. The fourth-order valence-electron chi connectivity index (χ4n) is 2.96. The predicted molar refractivity (Wildman–Crippen MR) is 102 cm³/mol. The zero-order valence-electron chi connectivity index (χ0n) is 13.0. The molecule has 3 aromatic carbocycles. The summed E-state index contributed by atoms with van der Waals surface area (Å²) < 4.78 is 33.6. The van der Waals surface area contributed by atoms with Crippen molar-refractivity contribution in [2.24, 2.45) is 0 Å². The van der Waals surface area contributed by atoms with Crippen molar-refractivity contribution in [3.05, 3.63) is 91.0 Å². The fourth-order valence-corrected chi connectivity index (χ4v) is 9.65. The lowest BCUT2D eigenvalue weighted by molar-refractivity contribution is 0.488. The van der Waals surface area contributed by atoms with Gasteiger partial charge >= 0.3 is 10.1 Å². The number of hydrogen-bond donors (Lipinski definition) is 1. The van der Waals surface area contributed by atoms with Crippen LogP contribution >= 0.6 is 7.26 Å². The SMILES string of the molecule is O=S(=O)(O)C[P+](c1ccccc1)(c1ccccc1)c1ccccc1. The van der Waals surface area contributed by atoms with Gasteiger partial charge in [0.2, 0.25) is 0 Å². The smallest absolute Gasteiger partial charge is 0.283 e. The molecule has 0 saturated heterocycles. The molecule has 0 fully saturated rings. The van der Waals surface area contributed by atoms with Gasteiger partial charge in [-0.3, -0.25) is 4.55 Å². The summed E-state index contributed by atoms with van der Waals surface area (Å²) in [6.07, 6.45) is 0. The molecule has 0 aliphatic rings. The molecule has 0 aliphatic heterocycles. The topological polar surface area (TPSA) is 54.4 Å². The van der Waals surface area contributed by atoms with E-state index >= 15 is 0 Å². The summed E-state index contributed by atoms with van der Waals surface area (Å²) in [5.74, 6) is 0. The lowest BCUT2D eigenvalue weighted by Gasteiger charge is -2.26. The van der Waals surface area contributed by atoms with Crippen molar-refractivity contribution in [3.63, 3.8) is 0 Å². The first-order valence-electron chi connectivity index (χ1n) is 7.52. The van der Waals surface area contributed by atoms with E-state index < -0.39 is 17.4 Å². The second-order valence-corrected chi connectivity index (χ2v) is 10.9. The van der Waals surface area contributed by atoms with E-state index in [-0.39, 0.29) is 5.49 Å². The predicted octanol–water partition coefficient (Wildman–Crippen LogP) is 2.83. The molecule has 3 aromatic rings. The van der Waals surface area contributed by atoms with E-state index in [4.69, 9.17) is 0 Å². The van der Waals surface area contributed by atoms with E-state index in [2.05, 4.69) is 0 Å². The van der Waals surface area contributed by atoms with Crippen LogP contribution in [-0.2, 0) is 10.1 Å². The molecule has 0 saturated carbocycles. The van der Waals surface area contributed by atoms with Gasteiger partial charge in [-0.25, -0.2) is 0 Å². The first-order valence-corrected chi connectivity index (χ1v) is 11.1. The van der Waals surface area contributed by atoms with Crippen LogP contribution in [0, 0.1) is 0 Å². The third-order valence-electron chi connectivity index (χ3n) is 3.95. The molecule has 0 atom stereocenters. The van der Waals surface area contributed by atoms with Crippen molar-refractivity contribution in [2.75, 3.05) is 5.49 Å². The normalized spacial score (nSPS) is 12.0. The van der Waals surface area contributed by atoms with Crippen LogP contribution < -0.4 is 15.9 Å². The Morgan fingerprint density at radius 3 is 1.17 bits per heavy atom. The quantitative estimate of drug-likeness (QED) is 0.564. The Morgan fingerprint density at radius 1 is 0.625 bits per heavy atom. The molecular weight excluding hydrogens is 339 g/mol. The fraction of sp³-hybridized carbons (Fsp3) is 0.0526. The molecule has 5 heteroatoms. The first-order chi connectivity index (χ1) is 11.5. The largest absolute Gasteiger partial charge is 0.301 e. The van der Waals surface area contributed by atoms with Gasteiger partial charge in [-0.15, -0.1) is 0 Å². The summed E-state index contributed by atoms with van der Waals surface area (Å²) in [5.41, 5.74) is -0.308. The molecule has 122 valence electrons. The maximum absolute atomic E-state index is 12.0. The Balaban J connectivity index is 2.37. The third kappa shape index (κ3) is 3.41. The molecule has 24 heavy (non-hydrogen) atoms. The summed E-state index contributed by atoms with van der Waals surface area (Å²) in [6, 6.07) is 28.8. The van der Waals surface area contributed by atoms with Crippen molar-refractivity contribution in [2.45, 2.75) is 0 Å². The van der Waals surface area contributed by atoms with Gasteiger partial charge in [-0.2, -0.15) is 8.42 Å². The second-order valence-electron chi connectivity index (χ2n) is 5.53. The molecule has 0 unspecified atom stereocenters. The van der Waals surface area contributed by atoms with Gasteiger partial charge < -0.3 is 0 Å². The van der Waals surface area contributed by atoms with Crippen LogP contribution in [0.1, 0.15) is 0 Å². The maximum atomic E-state index is 12.0. The lowest BCUT2D eigenvalue weighted by atomic mass is 10.4. The minimum atomic E-state index is -4.18. The van der Waals surface area contributed by atoms with Gasteiger partial charge in [0.1, 0.15) is 23.2 Å². The zero-order chi connectivity index (χ0) is 17.0. The van der Waals surface area contributed by atoms with Crippen LogP contribution in [0.5, 0.6) is 0 Å². The van der Waals surface area contributed by atoms with E-state index in [1.165, 1.54) is 0 Å². The van der Waals surface area contributed by atoms with Gasteiger partial charge in [0.05, 0.1) is 0 Å². The Kier molecular flexibility index (Phi) is 4.81. The van der Waals surface area contributed by atoms with E-state index in [9.17, 15) is 13.0 Å². The molecule has 0 aromatic heterocycles. The summed E-state index contributed by atoms with van der Waals surface area (Å²) in [5, 5.41) is 2.79. The zero-order valence-corrected chi connectivity index (χ0v) is 14.7. The van der Waals surface area contributed by atoms with Gasteiger partial charge in [-0.05, 0) is 36.4 Å². The van der Waals surface area contributed by atoms with Gasteiger partial charge in [-0.1, -0.05) is 54.6 Å². The molecule has 0 aliphatic carbocycles. The Bertz CT molecular complexity index is 798. The number of hydrogen-bond acceptors (Lipinski definition) is 2. The summed E-state index contributed by atoms with van der Waals surface area (Å²) in [7, 11) is -6.69. The first kappa shape index (κ1) is 16.8. The molecule has 0 spiro atoms. The van der Waals surface area contributed by atoms with Crippen LogP contribution in [0.4, 0.5) is 0 Å². The standard InChI is InChI=1S/C19H17O3PS/c20-24(21,22)16-23(17-10-4-1-5-11-17,18-12-6-2-7-13-18)19-14-8-3-9-15-19/h1-15H,16H2/p+1. The molecular formula is C19H18O3PS+. The monoisotopic (exact) mass is 357 g/mol. The molecule has 0 amide bonds. The minimum Gasteiger partial charge on any atom is -0.283 e. The van der Waals surface area contributed by atoms with Crippen LogP contribution in [-0.4, -0.2) is 18.5 Å². The third-order valence-corrected chi connectivity index (χ3v) is 10.3. The van der Waals surface area contributed by atoms with E-state index in [1.807, 2.05) is 91.0 Å². The van der Waals surface area contributed by atoms with Crippen molar-refractivity contribution in [3.8, 4) is 0 Å². The highest BCUT2D eigenvalue weighted by Crippen LogP contribution is 2.55. The van der Waals surface area contributed by atoms with Crippen LogP contribution in [0.3, 0.4) is 0 Å². The van der Waals surface area contributed by atoms with Crippen molar-refractivity contribution < 1.29 is 13.0 Å². The van der Waals surface area contributed by atoms with Crippen molar-refractivity contribution in [1.29, 1.82) is 0 Å². The lowest BCUT2D eigenvalue weighted by Crippen LogP contribution is -2.35. The molecule has 3 nitrogen and oxygen atoms in total. The van der Waals surface area contributed by atoms with Gasteiger partial charge in [0.15, 0.2) is 5.49 Å². The van der Waals surface area contributed by atoms with Crippen LogP contribution in [0.15, 0.2) is 91.0 Å². The molecule has 0 heterocycles. The van der Waals surface area contributed by atoms with Crippen molar-refractivity contribution >= 4 is 33.3 Å². The van der Waals surface area contributed by atoms with Crippen LogP contribution in [0.2, 0.25) is 0 Å².